The summed E-state index contributed by atoms with van der Waals surface area (Å²) >= 11 is 0. The first kappa shape index (κ1) is 25.5. The number of hydrogen-bond acceptors (Lipinski definition) is 3. The van der Waals surface area contributed by atoms with Crippen LogP contribution >= 0.6 is 0 Å². The summed E-state index contributed by atoms with van der Waals surface area (Å²) in [7, 11) is 0. The predicted octanol–water partition coefficient (Wildman–Crippen LogP) is 6.43. The van der Waals surface area contributed by atoms with Crippen LogP contribution in [-0.2, 0) is 4.79 Å². The number of carbonyl (C=O) groups is 1. The minimum atomic E-state index is -0.642. The first-order chi connectivity index (χ1) is 14.0. The normalized spacial score (nSPS) is 14.3. The van der Waals surface area contributed by atoms with Crippen LogP contribution in [0.15, 0.2) is 24.3 Å². The number of rotatable bonds is 12. The number of anilines is 1. The molecule has 1 aliphatic rings. The van der Waals surface area contributed by atoms with Gasteiger partial charge < -0.3 is 15.7 Å². The molecule has 0 unspecified atom stereocenters. The fourth-order valence-electron chi connectivity index (χ4n) is 3.55. The van der Waals surface area contributed by atoms with E-state index < -0.39 is 5.97 Å². The van der Waals surface area contributed by atoms with Crippen LogP contribution in [0.3, 0.4) is 0 Å². The molecule has 0 amide bonds. The molecule has 3 N–H and O–H groups in total. The van der Waals surface area contributed by atoms with E-state index in [-0.39, 0.29) is 5.92 Å². The van der Waals surface area contributed by atoms with Crippen molar-refractivity contribution in [2.75, 3.05) is 25.0 Å². The van der Waals surface area contributed by atoms with Crippen molar-refractivity contribution in [3.05, 3.63) is 29.8 Å². The average molecular weight is 405 g/mol. The maximum absolute atomic E-state index is 10.3. The lowest BCUT2D eigenvalue weighted by atomic mass is 9.99. The van der Waals surface area contributed by atoms with Gasteiger partial charge in [-0.25, -0.2) is 0 Å². The Labute approximate surface area is 178 Å². The third kappa shape index (κ3) is 12.6. The molecule has 0 aliphatic carbocycles. The van der Waals surface area contributed by atoms with Crippen LogP contribution in [0.4, 0.5) is 5.69 Å². The number of carboxylic acids is 1. The van der Waals surface area contributed by atoms with E-state index in [2.05, 4.69) is 55.7 Å². The van der Waals surface area contributed by atoms with Crippen LogP contribution in [0.5, 0.6) is 0 Å². The molecule has 1 heterocycles. The Balaban J connectivity index is 0.000000387. The van der Waals surface area contributed by atoms with Crippen molar-refractivity contribution in [3.8, 4) is 0 Å². The molecule has 0 saturated carbocycles. The second-order valence-electron chi connectivity index (χ2n) is 8.54. The van der Waals surface area contributed by atoms with Crippen LogP contribution in [-0.4, -0.2) is 30.7 Å². The lowest BCUT2D eigenvalue weighted by Crippen LogP contribution is -2.31. The van der Waals surface area contributed by atoms with E-state index in [0.717, 1.165) is 32.5 Å². The minimum Gasteiger partial charge on any atom is -0.481 e. The summed E-state index contributed by atoms with van der Waals surface area (Å²) in [4.78, 5) is 10.3. The van der Waals surface area contributed by atoms with Crippen molar-refractivity contribution in [1.82, 2.24) is 5.32 Å². The number of hydrogen-bond donors (Lipinski definition) is 3. The van der Waals surface area contributed by atoms with E-state index >= 15 is 0 Å². The molecule has 1 saturated heterocycles. The zero-order valence-corrected chi connectivity index (χ0v) is 19.0. The average Bonchev–Trinajstić information content (AvgIpc) is 2.74. The van der Waals surface area contributed by atoms with Gasteiger partial charge in [0.05, 0.1) is 5.92 Å². The van der Waals surface area contributed by atoms with Gasteiger partial charge in [0.1, 0.15) is 0 Å². The highest BCUT2D eigenvalue weighted by Gasteiger charge is 2.19. The molecule has 1 aromatic carbocycles. The van der Waals surface area contributed by atoms with Gasteiger partial charge in [-0.15, -0.1) is 0 Å². The van der Waals surface area contributed by atoms with Gasteiger partial charge in [-0.1, -0.05) is 77.8 Å². The fourth-order valence-corrected chi connectivity index (χ4v) is 3.55. The molecule has 166 valence electrons. The zero-order valence-electron chi connectivity index (χ0n) is 19.0. The molecule has 0 aromatic heterocycles. The highest BCUT2D eigenvalue weighted by atomic mass is 16.4. The Morgan fingerprint density at radius 1 is 1.00 bits per heavy atom. The van der Waals surface area contributed by atoms with Crippen LogP contribution in [0.25, 0.3) is 0 Å². The molecule has 0 spiro atoms. The SMILES string of the molecule is CCCCCCCCCCNc1ccc(C(C)C)cc1.O=C(O)C1CCNCC1. The summed E-state index contributed by atoms with van der Waals surface area (Å²) in [6.45, 7) is 9.58. The maximum atomic E-state index is 10.3. The Morgan fingerprint density at radius 3 is 2.03 bits per heavy atom. The molecule has 1 aromatic rings. The largest absolute Gasteiger partial charge is 0.481 e. The van der Waals surface area contributed by atoms with Crippen molar-refractivity contribution in [1.29, 1.82) is 0 Å². The number of unbranched alkanes of at least 4 members (excludes halogenated alkanes) is 7. The van der Waals surface area contributed by atoms with Crippen molar-refractivity contribution < 1.29 is 9.90 Å². The van der Waals surface area contributed by atoms with Gasteiger partial charge in [-0.2, -0.15) is 0 Å². The number of carboxylic acid groups (broad SMARTS) is 1. The lowest BCUT2D eigenvalue weighted by molar-refractivity contribution is -0.142. The van der Waals surface area contributed by atoms with E-state index in [1.54, 1.807) is 0 Å². The molecule has 4 heteroatoms. The van der Waals surface area contributed by atoms with Gasteiger partial charge in [0, 0.05) is 12.2 Å². The molecule has 0 bridgehead atoms. The van der Waals surface area contributed by atoms with Crippen molar-refractivity contribution in [3.63, 3.8) is 0 Å². The first-order valence-electron chi connectivity index (χ1n) is 11.8. The molecular formula is C25H44N2O2. The minimum absolute atomic E-state index is 0.0914. The molecule has 4 nitrogen and oxygen atoms in total. The van der Waals surface area contributed by atoms with E-state index in [1.807, 2.05) is 0 Å². The van der Waals surface area contributed by atoms with Crippen LogP contribution in [0.2, 0.25) is 0 Å². The standard InChI is InChI=1S/C19H33N.C6H11NO2/c1-4-5-6-7-8-9-10-11-16-20-19-14-12-18(13-15-19)17(2)3;8-6(9)5-1-3-7-4-2-5/h12-15,17,20H,4-11,16H2,1-3H3;5,7H,1-4H2,(H,8,9). The third-order valence-corrected chi connectivity index (χ3v) is 5.63. The summed E-state index contributed by atoms with van der Waals surface area (Å²) in [5.41, 5.74) is 2.68. The summed E-state index contributed by atoms with van der Waals surface area (Å²) in [5, 5.41) is 15.1. The van der Waals surface area contributed by atoms with E-state index in [9.17, 15) is 4.79 Å². The topological polar surface area (TPSA) is 61.4 Å². The van der Waals surface area contributed by atoms with Crippen LogP contribution < -0.4 is 10.6 Å². The Bertz CT molecular complexity index is 522. The molecule has 0 radical (unpaired) electrons. The highest BCUT2D eigenvalue weighted by Crippen LogP contribution is 2.17. The van der Waals surface area contributed by atoms with Crippen molar-refractivity contribution >= 4 is 11.7 Å². The molecular weight excluding hydrogens is 360 g/mol. The highest BCUT2D eigenvalue weighted by molar-refractivity contribution is 5.70. The van der Waals surface area contributed by atoms with E-state index in [4.69, 9.17) is 5.11 Å². The molecule has 1 aliphatic heterocycles. The van der Waals surface area contributed by atoms with Crippen LogP contribution in [0.1, 0.15) is 96.5 Å². The zero-order chi connectivity index (χ0) is 21.3. The quantitative estimate of drug-likeness (QED) is 0.351. The molecule has 1 fully saturated rings. The van der Waals surface area contributed by atoms with Crippen molar-refractivity contribution in [2.24, 2.45) is 5.92 Å². The van der Waals surface area contributed by atoms with Gasteiger partial charge >= 0.3 is 5.97 Å². The van der Waals surface area contributed by atoms with E-state index in [0.29, 0.717) is 5.92 Å². The summed E-state index contributed by atoms with van der Waals surface area (Å²) in [6.07, 6.45) is 12.7. The monoisotopic (exact) mass is 404 g/mol. The summed E-state index contributed by atoms with van der Waals surface area (Å²) < 4.78 is 0. The second kappa shape index (κ2) is 16.3. The van der Waals surface area contributed by atoms with Gasteiger partial charge in [-0.05, 0) is 56.0 Å². The number of aliphatic carboxylic acids is 1. The molecule has 2 rings (SSSR count). The number of nitrogens with one attached hydrogen (secondary N) is 2. The van der Waals surface area contributed by atoms with Gasteiger partial charge in [0.25, 0.3) is 0 Å². The lowest BCUT2D eigenvalue weighted by Gasteiger charge is -2.17. The first-order valence-corrected chi connectivity index (χ1v) is 11.8. The smallest absolute Gasteiger partial charge is 0.306 e. The Kier molecular flexibility index (Phi) is 14.3. The van der Waals surface area contributed by atoms with E-state index in [1.165, 1.54) is 62.6 Å². The molecule has 0 atom stereocenters. The van der Waals surface area contributed by atoms with Crippen molar-refractivity contribution in [2.45, 2.75) is 90.9 Å². The number of piperidine rings is 1. The Hall–Kier alpha value is -1.55. The van der Waals surface area contributed by atoms with Gasteiger partial charge in [-0.3, -0.25) is 4.79 Å². The number of benzene rings is 1. The molecule has 29 heavy (non-hydrogen) atoms. The summed E-state index contributed by atoms with van der Waals surface area (Å²) in [5.74, 6) is -0.112. The maximum Gasteiger partial charge on any atom is 0.306 e. The van der Waals surface area contributed by atoms with Gasteiger partial charge in [0.2, 0.25) is 0 Å². The third-order valence-electron chi connectivity index (χ3n) is 5.63. The predicted molar refractivity (Wildman–Crippen MR) is 125 cm³/mol. The Morgan fingerprint density at radius 2 is 1.55 bits per heavy atom. The second-order valence-corrected chi connectivity index (χ2v) is 8.54. The van der Waals surface area contributed by atoms with Gasteiger partial charge in [0.15, 0.2) is 0 Å². The summed E-state index contributed by atoms with van der Waals surface area (Å²) in [6, 6.07) is 8.89. The van der Waals surface area contributed by atoms with Crippen LogP contribution in [0, 0.1) is 5.92 Å². The fraction of sp³-hybridized carbons (Fsp3) is 0.720.